The molecule has 0 saturated heterocycles. The summed E-state index contributed by atoms with van der Waals surface area (Å²) in [5, 5.41) is 6.77. The molecule has 2 heterocycles. The SMILES string of the molecule is CCc1csc(-n2[c-]ncn2)n1.[Ir]. The van der Waals surface area contributed by atoms with Crippen molar-refractivity contribution in [1.29, 1.82) is 0 Å². The maximum Gasteiger partial charge on any atom is 0.109 e. The fraction of sp³-hybridized carbons (Fsp3) is 0.286. The average molecular weight is 371 g/mol. The molecule has 0 saturated carbocycles. The van der Waals surface area contributed by atoms with E-state index in [-0.39, 0.29) is 20.1 Å². The molecule has 2 aromatic heterocycles. The number of hydrogen-bond acceptors (Lipinski definition) is 4. The van der Waals surface area contributed by atoms with Crippen LogP contribution in [-0.4, -0.2) is 19.7 Å². The monoisotopic (exact) mass is 372 g/mol. The smallest absolute Gasteiger partial charge is 0.109 e. The predicted octanol–water partition coefficient (Wildman–Crippen LogP) is 1.08. The molecule has 0 spiro atoms. The number of aromatic nitrogens is 4. The Kier molecular flexibility index (Phi) is 3.71. The van der Waals surface area contributed by atoms with Crippen molar-refractivity contribution in [2.24, 2.45) is 0 Å². The van der Waals surface area contributed by atoms with Gasteiger partial charge in [-0.1, -0.05) is 6.92 Å². The molecule has 4 nitrogen and oxygen atoms in total. The van der Waals surface area contributed by atoms with Crippen LogP contribution in [0, 0.1) is 6.33 Å². The topological polar surface area (TPSA) is 43.6 Å². The van der Waals surface area contributed by atoms with Gasteiger partial charge in [0.2, 0.25) is 0 Å². The summed E-state index contributed by atoms with van der Waals surface area (Å²) in [6, 6.07) is 0. The van der Waals surface area contributed by atoms with Crippen molar-refractivity contribution in [3.63, 3.8) is 0 Å². The van der Waals surface area contributed by atoms with Gasteiger partial charge < -0.3 is 9.67 Å². The Bertz CT molecular complexity index is 356. The zero-order chi connectivity index (χ0) is 8.39. The zero-order valence-corrected chi connectivity index (χ0v) is 10.1. The molecule has 0 aliphatic rings. The van der Waals surface area contributed by atoms with Gasteiger partial charge in [0.1, 0.15) is 5.13 Å². The van der Waals surface area contributed by atoms with Gasteiger partial charge in [-0.25, -0.2) is 5.10 Å². The Balaban J connectivity index is 0.000000845. The zero-order valence-electron chi connectivity index (χ0n) is 6.89. The molecule has 0 aliphatic carbocycles. The summed E-state index contributed by atoms with van der Waals surface area (Å²) >= 11 is 1.55. The third-order valence-electron chi connectivity index (χ3n) is 1.46. The molecule has 1 radical (unpaired) electrons. The molecule has 0 unspecified atom stereocenters. The number of aryl methyl sites for hydroxylation is 1. The summed E-state index contributed by atoms with van der Waals surface area (Å²) in [7, 11) is 0. The number of hydrogen-bond donors (Lipinski definition) is 0. The van der Waals surface area contributed by atoms with E-state index in [4.69, 9.17) is 0 Å². The first-order valence-corrected chi connectivity index (χ1v) is 4.50. The molecule has 0 fully saturated rings. The Morgan fingerprint density at radius 1 is 1.62 bits per heavy atom. The van der Waals surface area contributed by atoms with E-state index >= 15 is 0 Å². The summed E-state index contributed by atoms with van der Waals surface area (Å²) in [6.07, 6.45) is 5.10. The van der Waals surface area contributed by atoms with E-state index < -0.39 is 0 Å². The molecular formula is C7H7IrN4S-. The van der Waals surface area contributed by atoms with Crippen molar-refractivity contribution in [3.8, 4) is 5.13 Å². The van der Waals surface area contributed by atoms with Gasteiger partial charge in [0, 0.05) is 43.8 Å². The van der Waals surface area contributed by atoms with Crippen LogP contribution < -0.4 is 0 Å². The van der Waals surface area contributed by atoms with Crippen molar-refractivity contribution in [2.75, 3.05) is 0 Å². The van der Waals surface area contributed by atoms with Crippen LogP contribution >= 0.6 is 11.3 Å². The fourth-order valence-corrected chi connectivity index (χ4v) is 1.65. The van der Waals surface area contributed by atoms with E-state index in [1.807, 2.05) is 5.38 Å². The molecule has 0 aromatic carbocycles. The van der Waals surface area contributed by atoms with Crippen molar-refractivity contribution < 1.29 is 20.1 Å². The molecule has 0 atom stereocenters. The van der Waals surface area contributed by atoms with Gasteiger partial charge in [0.15, 0.2) is 0 Å². The van der Waals surface area contributed by atoms with Crippen molar-refractivity contribution in [1.82, 2.24) is 19.7 Å². The first kappa shape index (κ1) is 10.5. The first-order valence-electron chi connectivity index (χ1n) is 3.62. The third-order valence-corrected chi connectivity index (χ3v) is 2.33. The van der Waals surface area contributed by atoms with Gasteiger partial charge in [-0.05, 0) is 6.42 Å². The van der Waals surface area contributed by atoms with Crippen LogP contribution in [0.15, 0.2) is 11.7 Å². The molecule has 0 N–H and O–H groups in total. The third kappa shape index (κ3) is 2.21. The second-order valence-corrected chi connectivity index (χ2v) is 3.08. The average Bonchev–Trinajstić information content (AvgIpc) is 2.75. The Morgan fingerprint density at radius 2 is 2.46 bits per heavy atom. The van der Waals surface area contributed by atoms with Crippen LogP contribution in [-0.2, 0) is 26.5 Å². The van der Waals surface area contributed by atoms with Gasteiger partial charge in [-0.3, -0.25) is 4.98 Å². The van der Waals surface area contributed by atoms with E-state index in [2.05, 4.69) is 28.3 Å². The molecule has 13 heavy (non-hydrogen) atoms. The fourth-order valence-electron chi connectivity index (χ4n) is 0.832. The van der Waals surface area contributed by atoms with Gasteiger partial charge >= 0.3 is 0 Å². The predicted molar refractivity (Wildman–Crippen MR) is 45.2 cm³/mol. The van der Waals surface area contributed by atoms with Crippen LogP contribution in [0.3, 0.4) is 0 Å². The normalized spacial score (nSPS) is 9.62. The molecule has 6 heteroatoms. The number of rotatable bonds is 2. The van der Waals surface area contributed by atoms with Crippen LogP contribution in [0.4, 0.5) is 0 Å². The molecule has 0 aliphatic heterocycles. The minimum absolute atomic E-state index is 0. The molecule has 0 amide bonds. The second-order valence-electron chi connectivity index (χ2n) is 2.25. The quantitative estimate of drug-likeness (QED) is 0.742. The Labute approximate surface area is 93.4 Å². The molecule has 71 valence electrons. The van der Waals surface area contributed by atoms with E-state index in [9.17, 15) is 0 Å². The summed E-state index contributed by atoms with van der Waals surface area (Å²) in [5.74, 6) is 0. The van der Waals surface area contributed by atoms with Crippen LogP contribution in [0.2, 0.25) is 0 Å². The summed E-state index contributed by atoms with van der Waals surface area (Å²) < 4.78 is 1.55. The van der Waals surface area contributed by atoms with E-state index in [1.54, 1.807) is 16.0 Å². The maximum atomic E-state index is 4.32. The van der Waals surface area contributed by atoms with Crippen molar-refractivity contribution >= 4 is 11.3 Å². The molecule has 2 rings (SSSR count). The second kappa shape index (κ2) is 4.60. The largest absolute Gasteiger partial charge is 0.353 e. The summed E-state index contributed by atoms with van der Waals surface area (Å²) in [6.45, 7) is 2.07. The van der Waals surface area contributed by atoms with Crippen LogP contribution in [0.5, 0.6) is 0 Å². The number of thiazole rings is 1. The molecule has 0 bridgehead atoms. The van der Waals surface area contributed by atoms with Crippen molar-refractivity contribution in [2.45, 2.75) is 13.3 Å². The summed E-state index contributed by atoms with van der Waals surface area (Å²) in [5.41, 5.74) is 1.08. The van der Waals surface area contributed by atoms with E-state index in [1.165, 1.54) is 6.33 Å². The minimum atomic E-state index is 0. The van der Waals surface area contributed by atoms with Gasteiger partial charge in [-0.2, -0.15) is 11.3 Å². The van der Waals surface area contributed by atoms with E-state index in [0.717, 1.165) is 17.2 Å². The van der Waals surface area contributed by atoms with E-state index in [0.29, 0.717) is 0 Å². The number of nitrogens with zero attached hydrogens (tertiary/aromatic N) is 4. The first-order chi connectivity index (χ1) is 5.90. The van der Waals surface area contributed by atoms with Crippen LogP contribution in [0.25, 0.3) is 5.13 Å². The van der Waals surface area contributed by atoms with Gasteiger partial charge in [0.05, 0.1) is 0 Å². The molecule has 2 aromatic rings. The van der Waals surface area contributed by atoms with Crippen LogP contribution in [0.1, 0.15) is 12.6 Å². The van der Waals surface area contributed by atoms with Gasteiger partial charge in [0.25, 0.3) is 0 Å². The minimum Gasteiger partial charge on any atom is -0.353 e. The van der Waals surface area contributed by atoms with Gasteiger partial charge in [-0.15, -0.1) is 0 Å². The van der Waals surface area contributed by atoms with Crippen molar-refractivity contribution in [3.05, 3.63) is 23.7 Å². The standard InChI is InChI=1S/C7H7N4S.Ir/c1-2-6-3-12-7(10-6)11-5-8-4-9-11;/h3-4H,2H2,1H3;/q-1;. The Hall–Kier alpha value is -0.581. The summed E-state index contributed by atoms with van der Waals surface area (Å²) in [4.78, 5) is 8.05. The Morgan fingerprint density at radius 3 is 3.00 bits per heavy atom. The molecular weight excluding hydrogens is 364 g/mol. The maximum absolute atomic E-state index is 4.32.